The number of thiophene rings is 1. The number of benzene rings is 2. The summed E-state index contributed by atoms with van der Waals surface area (Å²) < 4.78 is 24.0. The van der Waals surface area contributed by atoms with E-state index < -0.39 is 29.6 Å². The van der Waals surface area contributed by atoms with Gasteiger partial charge in [0, 0.05) is 4.88 Å². The molecule has 38 heavy (non-hydrogen) atoms. The van der Waals surface area contributed by atoms with Crippen LogP contribution in [0.4, 0.5) is 9.39 Å². The van der Waals surface area contributed by atoms with E-state index >= 15 is 0 Å². The topological polar surface area (TPSA) is 123 Å². The first-order valence-corrected chi connectivity index (χ1v) is 12.7. The number of hydrogen-bond donors (Lipinski definition) is 2. The second-order valence-electron chi connectivity index (χ2n) is 8.23. The average molecular weight is 538 g/mol. The van der Waals surface area contributed by atoms with Crippen molar-refractivity contribution in [3.8, 4) is 5.75 Å². The van der Waals surface area contributed by atoms with Gasteiger partial charge < -0.3 is 14.8 Å². The fourth-order valence-electron chi connectivity index (χ4n) is 3.86. The van der Waals surface area contributed by atoms with E-state index in [1.807, 2.05) is 0 Å². The van der Waals surface area contributed by atoms with Gasteiger partial charge in [-0.3, -0.25) is 9.59 Å². The van der Waals surface area contributed by atoms with E-state index in [0.717, 1.165) is 35.8 Å². The smallest absolute Gasteiger partial charge is 0.346 e. The third-order valence-electron chi connectivity index (χ3n) is 5.65. The molecule has 3 aromatic rings. The SMILES string of the molecule is CCOC(=O)c1c(NC(=O)C(=O)N/N=C\c2ccc(OC(=O)c3ccccc3F)cc2)sc2c1CCCC2. The van der Waals surface area contributed by atoms with Crippen molar-refractivity contribution in [2.24, 2.45) is 5.10 Å². The summed E-state index contributed by atoms with van der Waals surface area (Å²) in [7, 11) is 0. The fraction of sp³-hybridized carbons (Fsp3) is 0.222. The van der Waals surface area contributed by atoms with Crippen LogP contribution < -0.4 is 15.5 Å². The van der Waals surface area contributed by atoms with Crippen molar-refractivity contribution in [1.29, 1.82) is 0 Å². The summed E-state index contributed by atoms with van der Waals surface area (Å²) in [5.74, 6) is -3.84. The molecule has 0 saturated carbocycles. The molecule has 1 aliphatic carbocycles. The number of nitrogens with one attached hydrogen (secondary N) is 2. The maximum Gasteiger partial charge on any atom is 0.346 e. The van der Waals surface area contributed by atoms with Gasteiger partial charge in [-0.2, -0.15) is 5.10 Å². The maximum absolute atomic E-state index is 13.7. The third kappa shape index (κ3) is 6.30. The Morgan fingerprint density at radius 1 is 1.00 bits per heavy atom. The van der Waals surface area contributed by atoms with Crippen molar-refractivity contribution in [1.82, 2.24) is 5.43 Å². The first kappa shape index (κ1) is 26.7. The Morgan fingerprint density at radius 2 is 1.74 bits per heavy atom. The van der Waals surface area contributed by atoms with Gasteiger partial charge in [-0.15, -0.1) is 11.3 Å². The molecule has 2 N–H and O–H groups in total. The van der Waals surface area contributed by atoms with E-state index in [0.29, 0.717) is 22.5 Å². The molecule has 4 rings (SSSR count). The molecule has 1 heterocycles. The van der Waals surface area contributed by atoms with Crippen LogP contribution in [0.1, 0.15) is 56.5 Å². The van der Waals surface area contributed by atoms with Crippen molar-refractivity contribution in [3.05, 3.63) is 81.5 Å². The molecule has 0 unspecified atom stereocenters. The van der Waals surface area contributed by atoms with Crippen molar-refractivity contribution in [2.75, 3.05) is 11.9 Å². The highest BCUT2D eigenvalue weighted by Crippen LogP contribution is 2.38. The predicted octanol–water partition coefficient (Wildman–Crippen LogP) is 4.25. The summed E-state index contributed by atoms with van der Waals surface area (Å²) >= 11 is 1.28. The molecule has 0 saturated heterocycles. The number of aryl methyl sites for hydroxylation is 1. The quantitative estimate of drug-likeness (QED) is 0.153. The normalized spacial score (nSPS) is 12.5. The number of nitrogens with zero attached hydrogens (tertiary/aromatic N) is 1. The van der Waals surface area contributed by atoms with E-state index in [1.165, 1.54) is 47.9 Å². The summed E-state index contributed by atoms with van der Waals surface area (Å²) in [5.41, 5.74) is 3.68. The lowest BCUT2D eigenvalue weighted by atomic mass is 9.95. The van der Waals surface area contributed by atoms with Gasteiger partial charge >= 0.3 is 23.8 Å². The number of carbonyl (C=O) groups excluding carboxylic acids is 4. The number of halogens is 1. The maximum atomic E-state index is 13.7. The summed E-state index contributed by atoms with van der Waals surface area (Å²) in [4.78, 5) is 50.4. The van der Waals surface area contributed by atoms with Gasteiger partial charge in [-0.25, -0.2) is 19.4 Å². The van der Waals surface area contributed by atoms with Crippen molar-refractivity contribution in [3.63, 3.8) is 0 Å². The third-order valence-corrected chi connectivity index (χ3v) is 6.86. The molecule has 2 aromatic carbocycles. The van der Waals surface area contributed by atoms with E-state index in [4.69, 9.17) is 9.47 Å². The minimum atomic E-state index is -1.02. The molecule has 11 heteroatoms. The molecule has 0 bridgehead atoms. The lowest BCUT2D eigenvalue weighted by Crippen LogP contribution is -2.32. The zero-order valence-electron chi connectivity index (χ0n) is 20.4. The Bertz CT molecular complexity index is 1400. The lowest BCUT2D eigenvalue weighted by molar-refractivity contribution is -0.136. The molecule has 1 aromatic heterocycles. The van der Waals surface area contributed by atoms with Crippen molar-refractivity contribution < 1.29 is 33.0 Å². The van der Waals surface area contributed by atoms with Crippen LogP contribution >= 0.6 is 11.3 Å². The highest BCUT2D eigenvalue weighted by molar-refractivity contribution is 7.17. The van der Waals surface area contributed by atoms with Crippen LogP contribution in [0.25, 0.3) is 0 Å². The number of carbonyl (C=O) groups is 4. The minimum absolute atomic E-state index is 0.184. The number of hydrogen-bond acceptors (Lipinski definition) is 8. The minimum Gasteiger partial charge on any atom is -0.462 e. The molecule has 196 valence electrons. The Kier molecular flexibility index (Phi) is 8.59. The van der Waals surface area contributed by atoms with Crippen molar-refractivity contribution >= 4 is 46.3 Å². The Balaban J connectivity index is 1.34. The highest BCUT2D eigenvalue weighted by Gasteiger charge is 2.28. The first-order chi connectivity index (χ1) is 18.4. The Morgan fingerprint density at radius 3 is 2.47 bits per heavy atom. The zero-order chi connectivity index (χ0) is 27.1. The van der Waals surface area contributed by atoms with Crippen LogP contribution in [-0.4, -0.2) is 36.6 Å². The van der Waals surface area contributed by atoms with Gasteiger partial charge in [0.25, 0.3) is 0 Å². The Hall–Kier alpha value is -4.38. The van der Waals surface area contributed by atoms with E-state index in [1.54, 1.807) is 19.1 Å². The fourth-order valence-corrected chi connectivity index (χ4v) is 5.13. The number of hydrazone groups is 1. The van der Waals surface area contributed by atoms with Crippen LogP contribution in [0.2, 0.25) is 0 Å². The first-order valence-electron chi connectivity index (χ1n) is 11.9. The summed E-state index contributed by atoms with van der Waals surface area (Å²) in [6.07, 6.45) is 4.75. The summed E-state index contributed by atoms with van der Waals surface area (Å²) in [6, 6.07) is 11.6. The zero-order valence-corrected chi connectivity index (χ0v) is 21.2. The Labute approximate surface area is 221 Å². The number of rotatable bonds is 7. The van der Waals surface area contributed by atoms with Gasteiger partial charge in [0.15, 0.2) is 0 Å². The molecule has 0 atom stereocenters. The molecule has 0 spiro atoms. The summed E-state index contributed by atoms with van der Waals surface area (Å²) in [6.45, 7) is 1.90. The second-order valence-corrected chi connectivity index (χ2v) is 9.33. The molecule has 9 nitrogen and oxygen atoms in total. The van der Waals surface area contributed by atoms with Crippen LogP contribution in [-0.2, 0) is 27.2 Å². The highest BCUT2D eigenvalue weighted by atomic mass is 32.1. The monoisotopic (exact) mass is 537 g/mol. The van der Waals surface area contributed by atoms with Gasteiger partial charge in [-0.05, 0) is 80.1 Å². The van der Waals surface area contributed by atoms with Crippen LogP contribution in [0.5, 0.6) is 5.75 Å². The van der Waals surface area contributed by atoms with E-state index in [2.05, 4.69) is 15.8 Å². The van der Waals surface area contributed by atoms with Crippen LogP contribution in [0.15, 0.2) is 53.6 Å². The van der Waals surface area contributed by atoms with Gasteiger partial charge in [-0.1, -0.05) is 12.1 Å². The molecule has 2 amide bonds. The van der Waals surface area contributed by atoms with E-state index in [9.17, 15) is 23.6 Å². The number of fused-ring (bicyclic) bond motifs is 1. The largest absolute Gasteiger partial charge is 0.462 e. The van der Waals surface area contributed by atoms with Crippen molar-refractivity contribution in [2.45, 2.75) is 32.6 Å². The standard InChI is InChI=1S/C27H24FN3O6S/c1-2-36-27(35)22-19-8-4-6-10-21(19)38-25(22)30-23(32)24(33)31-29-15-16-11-13-17(14-12-16)37-26(34)18-7-3-5-9-20(18)28/h3,5,7,9,11-15H,2,4,6,8,10H2,1H3,(H,30,32)(H,31,33)/b29-15-. The molecular weight excluding hydrogens is 513 g/mol. The summed E-state index contributed by atoms with van der Waals surface area (Å²) in [5, 5.41) is 6.58. The lowest BCUT2D eigenvalue weighted by Gasteiger charge is -2.12. The predicted molar refractivity (Wildman–Crippen MR) is 139 cm³/mol. The van der Waals surface area contributed by atoms with E-state index in [-0.39, 0.29) is 17.9 Å². The molecule has 0 fully saturated rings. The van der Waals surface area contributed by atoms with Gasteiger partial charge in [0.1, 0.15) is 16.6 Å². The number of anilines is 1. The molecule has 0 aliphatic heterocycles. The second kappa shape index (κ2) is 12.2. The van der Waals surface area contributed by atoms with Gasteiger partial charge in [0.05, 0.1) is 23.9 Å². The van der Waals surface area contributed by atoms with Crippen LogP contribution in [0.3, 0.4) is 0 Å². The number of ether oxygens (including phenoxy) is 2. The molecule has 1 aliphatic rings. The van der Waals surface area contributed by atoms with Crippen LogP contribution in [0, 0.1) is 5.82 Å². The average Bonchev–Trinajstić information content (AvgIpc) is 3.27. The number of amides is 2. The number of esters is 2. The van der Waals surface area contributed by atoms with Gasteiger partial charge in [0.2, 0.25) is 0 Å². The molecular formula is C27H24FN3O6S. The molecule has 0 radical (unpaired) electrons.